The Bertz CT molecular complexity index is 1210. The van der Waals surface area contributed by atoms with E-state index >= 15 is 0 Å². The third-order valence-electron chi connectivity index (χ3n) is 6.09. The van der Waals surface area contributed by atoms with Crippen molar-refractivity contribution in [3.8, 4) is 0 Å². The van der Waals surface area contributed by atoms with E-state index in [1.54, 1.807) is 33.7 Å². The Morgan fingerprint density at radius 3 is 2.62 bits per heavy atom. The molecule has 1 aromatic carbocycles. The first kappa shape index (κ1) is 22.1. The molecule has 11 heteroatoms. The molecule has 0 bridgehead atoms. The van der Waals surface area contributed by atoms with Gasteiger partial charge in [-0.2, -0.15) is 4.31 Å². The SMILES string of the molecule is Cc1ccc(Cl)c2sc(N3CCN(C(=O)[C@H]4CCCN4S(=O)(=O)c4cccs4)CC3)nc12. The fraction of sp³-hybridized carbons (Fsp3) is 0.429. The number of thiophene rings is 1. The van der Waals surface area contributed by atoms with Crippen LogP contribution in [0.2, 0.25) is 5.02 Å². The average molecular weight is 511 g/mol. The van der Waals surface area contributed by atoms with Crippen LogP contribution in [0.25, 0.3) is 10.2 Å². The molecule has 0 saturated carbocycles. The van der Waals surface area contributed by atoms with Gasteiger partial charge in [0.05, 0.1) is 15.2 Å². The maximum atomic E-state index is 13.3. The number of hydrogen-bond donors (Lipinski definition) is 0. The molecule has 2 aliphatic heterocycles. The van der Waals surface area contributed by atoms with Gasteiger partial charge in [0, 0.05) is 32.7 Å². The van der Waals surface area contributed by atoms with E-state index in [1.807, 2.05) is 19.1 Å². The molecule has 0 radical (unpaired) electrons. The van der Waals surface area contributed by atoms with Crippen molar-refractivity contribution in [2.24, 2.45) is 0 Å². The van der Waals surface area contributed by atoms with Crippen molar-refractivity contribution >= 4 is 65.6 Å². The summed E-state index contributed by atoms with van der Waals surface area (Å²) in [5, 5.41) is 3.36. The van der Waals surface area contributed by atoms with Crippen LogP contribution in [0.4, 0.5) is 5.13 Å². The smallest absolute Gasteiger partial charge is 0.253 e. The van der Waals surface area contributed by atoms with E-state index in [4.69, 9.17) is 16.6 Å². The summed E-state index contributed by atoms with van der Waals surface area (Å²) in [5.41, 5.74) is 2.02. The van der Waals surface area contributed by atoms with Gasteiger partial charge in [-0.05, 0) is 42.8 Å². The van der Waals surface area contributed by atoms with Crippen LogP contribution in [-0.2, 0) is 14.8 Å². The van der Waals surface area contributed by atoms with E-state index in [0.717, 1.165) is 20.9 Å². The quantitative estimate of drug-likeness (QED) is 0.533. The highest BCUT2D eigenvalue weighted by Gasteiger charge is 2.42. The summed E-state index contributed by atoms with van der Waals surface area (Å²) in [6.07, 6.45) is 1.27. The summed E-state index contributed by atoms with van der Waals surface area (Å²) >= 11 is 9.12. The van der Waals surface area contributed by atoms with Crippen molar-refractivity contribution in [2.45, 2.75) is 30.0 Å². The Morgan fingerprint density at radius 1 is 1.16 bits per heavy atom. The van der Waals surface area contributed by atoms with E-state index < -0.39 is 16.1 Å². The standard InChI is InChI=1S/C21H23ClN4O3S3/c1-14-6-7-15(22)19-18(14)23-21(31-19)25-11-9-24(10-12-25)20(27)16-4-2-8-26(16)32(28,29)17-5-3-13-30-17/h3,5-7,13,16H,2,4,8-12H2,1H3/t16-/m1/s1. The first-order valence-electron chi connectivity index (χ1n) is 10.5. The molecule has 5 rings (SSSR count). The number of thiazole rings is 1. The molecule has 2 aliphatic rings. The summed E-state index contributed by atoms with van der Waals surface area (Å²) in [4.78, 5) is 22.0. The Balaban J connectivity index is 1.29. The second-order valence-electron chi connectivity index (χ2n) is 8.06. The monoisotopic (exact) mass is 510 g/mol. The van der Waals surface area contributed by atoms with Gasteiger partial charge in [-0.25, -0.2) is 13.4 Å². The van der Waals surface area contributed by atoms with E-state index in [2.05, 4.69) is 4.90 Å². The maximum Gasteiger partial charge on any atom is 0.253 e. The molecule has 0 N–H and O–H groups in total. The van der Waals surface area contributed by atoms with Crippen molar-refractivity contribution in [1.82, 2.24) is 14.2 Å². The lowest BCUT2D eigenvalue weighted by molar-refractivity contribution is -0.134. The van der Waals surface area contributed by atoms with Gasteiger partial charge in [-0.3, -0.25) is 4.79 Å². The van der Waals surface area contributed by atoms with Crippen molar-refractivity contribution in [3.63, 3.8) is 0 Å². The van der Waals surface area contributed by atoms with Gasteiger partial charge in [0.25, 0.3) is 10.0 Å². The molecule has 0 spiro atoms. The predicted molar refractivity (Wildman–Crippen MR) is 129 cm³/mol. The lowest BCUT2D eigenvalue weighted by Gasteiger charge is -2.37. The molecule has 32 heavy (non-hydrogen) atoms. The van der Waals surface area contributed by atoms with E-state index in [9.17, 15) is 13.2 Å². The number of sulfonamides is 1. The molecule has 0 aliphatic carbocycles. The Kier molecular flexibility index (Phi) is 5.91. The van der Waals surface area contributed by atoms with Gasteiger partial charge in [-0.1, -0.05) is 35.1 Å². The Morgan fingerprint density at radius 2 is 1.94 bits per heavy atom. The number of rotatable bonds is 4. The number of nitrogens with zero attached hydrogens (tertiary/aromatic N) is 4. The van der Waals surface area contributed by atoms with Crippen molar-refractivity contribution < 1.29 is 13.2 Å². The Hall–Kier alpha value is -1.72. The zero-order chi connectivity index (χ0) is 22.5. The number of carbonyl (C=O) groups excluding carboxylic acids is 1. The zero-order valence-corrected chi connectivity index (χ0v) is 20.7. The molecule has 3 aromatic rings. The minimum Gasteiger partial charge on any atom is -0.345 e. The van der Waals surface area contributed by atoms with Crippen molar-refractivity contribution in [2.75, 3.05) is 37.6 Å². The van der Waals surface area contributed by atoms with Crippen LogP contribution in [0.1, 0.15) is 18.4 Å². The predicted octanol–water partition coefficient (Wildman–Crippen LogP) is 3.82. The summed E-state index contributed by atoms with van der Waals surface area (Å²) in [7, 11) is -3.63. The molecular weight excluding hydrogens is 488 g/mol. The molecule has 2 saturated heterocycles. The summed E-state index contributed by atoms with van der Waals surface area (Å²) in [6.45, 7) is 4.83. The number of aromatic nitrogens is 1. The lowest BCUT2D eigenvalue weighted by Crippen LogP contribution is -2.54. The maximum absolute atomic E-state index is 13.3. The number of benzene rings is 1. The summed E-state index contributed by atoms with van der Waals surface area (Å²) < 4.78 is 28.7. The highest BCUT2D eigenvalue weighted by Crippen LogP contribution is 2.36. The average Bonchev–Trinajstić information content (AvgIpc) is 3.56. The summed E-state index contributed by atoms with van der Waals surface area (Å²) in [6, 6.07) is 6.58. The number of amides is 1. The highest BCUT2D eigenvalue weighted by atomic mass is 35.5. The van der Waals surface area contributed by atoms with Crippen LogP contribution >= 0.6 is 34.3 Å². The van der Waals surface area contributed by atoms with Gasteiger partial charge < -0.3 is 9.80 Å². The zero-order valence-electron chi connectivity index (χ0n) is 17.5. The number of carbonyl (C=O) groups is 1. The molecular formula is C21H23ClN4O3S3. The van der Waals surface area contributed by atoms with Gasteiger partial charge in [0.1, 0.15) is 10.3 Å². The van der Waals surface area contributed by atoms with E-state index in [-0.39, 0.29) is 5.91 Å². The normalized spacial score (nSPS) is 20.4. The highest BCUT2D eigenvalue weighted by molar-refractivity contribution is 7.91. The second kappa shape index (κ2) is 8.57. The van der Waals surface area contributed by atoms with Crippen LogP contribution in [-0.4, -0.2) is 67.3 Å². The molecule has 2 fully saturated rings. The van der Waals surface area contributed by atoms with Gasteiger partial charge in [-0.15, -0.1) is 11.3 Å². The van der Waals surface area contributed by atoms with E-state index in [0.29, 0.717) is 54.8 Å². The first-order chi connectivity index (χ1) is 15.4. The molecule has 7 nitrogen and oxygen atoms in total. The Labute approximate surface area is 200 Å². The van der Waals surface area contributed by atoms with Crippen LogP contribution in [0.15, 0.2) is 33.9 Å². The summed E-state index contributed by atoms with van der Waals surface area (Å²) in [5.74, 6) is -0.0922. The fourth-order valence-corrected chi connectivity index (χ4v) is 8.49. The molecule has 170 valence electrons. The minimum absolute atomic E-state index is 0.0922. The number of piperazine rings is 1. The van der Waals surface area contributed by atoms with Gasteiger partial charge in [0.2, 0.25) is 5.91 Å². The fourth-order valence-electron chi connectivity index (χ4n) is 4.36. The third-order valence-corrected chi connectivity index (χ3v) is 11.0. The number of halogens is 1. The number of aryl methyl sites for hydroxylation is 1. The number of fused-ring (bicyclic) bond motifs is 1. The van der Waals surface area contributed by atoms with Gasteiger partial charge in [0.15, 0.2) is 5.13 Å². The topological polar surface area (TPSA) is 73.8 Å². The number of anilines is 1. The van der Waals surface area contributed by atoms with Crippen LogP contribution in [0, 0.1) is 6.92 Å². The minimum atomic E-state index is -3.63. The second-order valence-corrected chi connectivity index (χ2v) is 12.5. The third kappa shape index (κ3) is 3.81. The van der Waals surface area contributed by atoms with Crippen molar-refractivity contribution in [1.29, 1.82) is 0 Å². The van der Waals surface area contributed by atoms with Crippen LogP contribution < -0.4 is 4.90 Å². The van der Waals surface area contributed by atoms with E-state index in [1.165, 1.54) is 15.6 Å². The first-order valence-corrected chi connectivity index (χ1v) is 14.0. The largest absolute Gasteiger partial charge is 0.345 e. The molecule has 0 unspecified atom stereocenters. The molecule has 1 atom stereocenters. The lowest BCUT2D eigenvalue weighted by atomic mass is 10.2. The molecule has 1 amide bonds. The van der Waals surface area contributed by atoms with Crippen LogP contribution in [0.3, 0.4) is 0 Å². The van der Waals surface area contributed by atoms with Crippen molar-refractivity contribution in [3.05, 3.63) is 40.2 Å². The molecule has 2 aromatic heterocycles. The van der Waals surface area contributed by atoms with Crippen LogP contribution in [0.5, 0.6) is 0 Å². The number of hydrogen-bond acceptors (Lipinski definition) is 7. The molecule has 4 heterocycles. The van der Waals surface area contributed by atoms with Gasteiger partial charge >= 0.3 is 0 Å².